The van der Waals surface area contributed by atoms with Crippen LogP contribution in [0.4, 0.5) is 13.2 Å². The van der Waals surface area contributed by atoms with Crippen molar-refractivity contribution in [3.63, 3.8) is 0 Å². The first-order valence-electron chi connectivity index (χ1n) is 5.63. The molecular formula is C10H12F3N3O2. The minimum Gasteiger partial charge on any atom is -0.476 e. The van der Waals surface area contributed by atoms with Crippen molar-refractivity contribution in [2.75, 3.05) is 0 Å². The normalized spacial score (nSPS) is 17.3. The Morgan fingerprint density at radius 1 is 1.39 bits per heavy atom. The Bertz CT molecular complexity index is 450. The summed E-state index contributed by atoms with van der Waals surface area (Å²) in [5.74, 6) is -1.59. The molecule has 1 aromatic rings. The third-order valence-corrected chi connectivity index (χ3v) is 3.11. The van der Waals surface area contributed by atoms with E-state index in [-0.39, 0.29) is 12.5 Å². The number of carboxylic acids is 1. The van der Waals surface area contributed by atoms with E-state index in [0.717, 1.165) is 25.7 Å². The van der Waals surface area contributed by atoms with E-state index in [1.165, 1.54) is 0 Å². The molecule has 0 aromatic carbocycles. The van der Waals surface area contributed by atoms with Gasteiger partial charge in [-0.05, 0) is 18.8 Å². The van der Waals surface area contributed by atoms with Gasteiger partial charge in [0, 0.05) is 6.54 Å². The fourth-order valence-corrected chi connectivity index (χ4v) is 2.30. The monoisotopic (exact) mass is 263 g/mol. The van der Waals surface area contributed by atoms with Crippen LogP contribution in [-0.4, -0.2) is 26.1 Å². The maximum absolute atomic E-state index is 12.8. The number of alkyl halides is 3. The lowest BCUT2D eigenvalue weighted by molar-refractivity contribution is -0.145. The highest BCUT2D eigenvalue weighted by molar-refractivity contribution is 5.86. The highest BCUT2D eigenvalue weighted by atomic mass is 19.4. The number of carboxylic acid groups (broad SMARTS) is 1. The fraction of sp³-hybridized carbons (Fsp3) is 0.700. The van der Waals surface area contributed by atoms with Crippen LogP contribution in [0.1, 0.15) is 41.9 Å². The summed E-state index contributed by atoms with van der Waals surface area (Å²) in [6, 6.07) is 0. The third-order valence-electron chi connectivity index (χ3n) is 3.11. The second-order valence-electron chi connectivity index (χ2n) is 4.42. The van der Waals surface area contributed by atoms with Crippen molar-refractivity contribution in [2.24, 2.45) is 5.92 Å². The van der Waals surface area contributed by atoms with Crippen LogP contribution in [0.15, 0.2) is 0 Å². The van der Waals surface area contributed by atoms with E-state index in [0.29, 0.717) is 4.68 Å². The standard InChI is InChI=1S/C10H12F3N3O2/c11-10(12,13)8-7(9(17)18)14-15-16(8)5-6-3-1-2-4-6/h6H,1-5H2,(H,17,18). The first-order valence-corrected chi connectivity index (χ1v) is 5.63. The third kappa shape index (κ3) is 2.46. The minimum absolute atomic E-state index is 0.0785. The van der Waals surface area contributed by atoms with Gasteiger partial charge in [0.25, 0.3) is 0 Å². The van der Waals surface area contributed by atoms with Gasteiger partial charge in [0.05, 0.1) is 0 Å². The van der Waals surface area contributed by atoms with Crippen LogP contribution in [0.3, 0.4) is 0 Å². The molecule has 0 spiro atoms. The van der Waals surface area contributed by atoms with Crippen molar-refractivity contribution in [3.05, 3.63) is 11.4 Å². The molecule has 1 heterocycles. The van der Waals surface area contributed by atoms with E-state index in [1.54, 1.807) is 0 Å². The molecule has 1 aromatic heterocycles. The van der Waals surface area contributed by atoms with Crippen molar-refractivity contribution in [1.29, 1.82) is 0 Å². The number of hydrogen-bond acceptors (Lipinski definition) is 3. The summed E-state index contributed by atoms with van der Waals surface area (Å²) < 4.78 is 39.1. The molecule has 0 aliphatic heterocycles. The molecule has 8 heteroatoms. The Morgan fingerprint density at radius 3 is 2.50 bits per heavy atom. The number of aromatic carboxylic acids is 1. The smallest absolute Gasteiger partial charge is 0.435 e. The summed E-state index contributed by atoms with van der Waals surface area (Å²) in [5.41, 5.74) is -2.29. The summed E-state index contributed by atoms with van der Waals surface area (Å²) in [4.78, 5) is 10.7. The van der Waals surface area contributed by atoms with Crippen LogP contribution >= 0.6 is 0 Å². The maximum Gasteiger partial charge on any atom is 0.435 e. The Labute approximate surface area is 101 Å². The first kappa shape index (κ1) is 12.8. The molecular weight excluding hydrogens is 251 g/mol. The van der Waals surface area contributed by atoms with E-state index >= 15 is 0 Å². The molecule has 1 aliphatic rings. The van der Waals surface area contributed by atoms with Gasteiger partial charge >= 0.3 is 12.1 Å². The molecule has 1 aliphatic carbocycles. The van der Waals surface area contributed by atoms with E-state index in [1.807, 2.05) is 0 Å². The summed E-state index contributed by atoms with van der Waals surface area (Å²) in [6.45, 7) is 0.0785. The lowest BCUT2D eigenvalue weighted by atomic mass is 10.1. The predicted octanol–water partition coefficient (Wildman–Crippen LogP) is 2.19. The second-order valence-corrected chi connectivity index (χ2v) is 4.42. The molecule has 18 heavy (non-hydrogen) atoms. The van der Waals surface area contributed by atoms with Crippen LogP contribution < -0.4 is 0 Å². The zero-order valence-corrected chi connectivity index (χ0v) is 9.44. The average molecular weight is 263 g/mol. The largest absolute Gasteiger partial charge is 0.476 e. The van der Waals surface area contributed by atoms with Crippen LogP contribution in [0.5, 0.6) is 0 Å². The van der Waals surface area contributed by atoms with Crippen LogP contribution in [0, 0.1) is 5.92 Å². The van der Waals surface area contributed by atoms with Gasteiger partial charge in [-0.15, -0.1) is 5.10 Å². The lowest BCUT2D eigenvalue weighted by Crippen LogP contribution is -2.20. The van der Waals surface area contributed by atoms with Gasteiger partial charge < -0.3 is 5.11 Å². The van der Waals surface area contributed by atoms with E-state index in [2.05, 4.69) is 10.3 Å². The molecule has 2 rings (SSSR count). The second kappa shape index (κ2) is 4.58. The van der Waals surface area contributed by atoms with Crippen LogP contribution in [0.25, 0.3) is 0 Å². The maximum atomic E-state index is 12.8. The van der Waals surface area contributed by atoms with E-state index in [9.17, 15) is 18.0 Å². The molecule has 0 unspecified atom stereocenters. The molecule has 0 amide bonds. The number of aromatic nitrogens is 3. The molecule has 0 atom stereocenters. The molecule has 0 radical (unpaired) electrons. The topological polar surface area (TPSA) is 68.0 Å². The molecule has 100 valence electrons. The molecule has 1 N–H and O–H groups in total. The SMILES string of the molecule is O=C(O)c1nnn(CC2CCCC2)c1C(F)(F)F. The number of halogens is 3. The summed E-state index contributed by atoms with van der Waals surface area (Å²) >= 11 is 0. The van der Waals surface area contributed by atoms with Crippen molar-refractivity contribution < 1.29 is 23.1 Å². The van der Waals surface area contributed by atoms with Gasteiger partial charge in [-0.2, -0.15) is 13.2 Å². The highest BCUT2D eigenvalue weighted by Crippen LogP contribution is 2.33. The van der Waals surface area contributed by atoms with Gasteiger partial charge in [-0.25, -0.2) is 9.48 Å². The van der Waals surface area contributed by atoms with Gasteiger partial charge in [-0.3, -0.25) is 0 Å². The van der Waals surface area contributed by atoms with E-state index < -0.39 is 23.5 Å². The lowest BCUT2D eigenvalue weighted by Gasteiger charge is -2.13. The zero-order chi connectivity index (χ0) is 13.3. The summed E-state index contributed by atoms with van der Waals surface area (Å²) in [6.07, 6.45) is -1.08. The van der Waals surface area contributed by atoms with Gasteiger partial charge in [0.15, 0.2) is 5.69 Å². The zero-order valence-electron chi connectivity index (χ0n) is 9.44. The number of carbonyl (C=O) groups is 1. The van der Waals surface area contributed by atoms with Gasteiger partial charge in [-0.1, -0.05) is 18.1 Å². The van der Waals surface area contributed by atoms with Gasteiger partial charge in [0.1, 0.15) is 0 Å². The minimum atomic E-state index is -4.75. The Morgan fingerprint density at radius 2 is 2.00 bits per heavy atom. The predicted molar refractivity (Wildman–Crippen MR) is 53.9 cm³/mol. The van der Waals surface area contributed by atoms with Crippen molar-refractivity contribution in [3.8, 4) is 0 Å². The van der Waals surface area contributed by atoms with Crippen molar-refractivity contribution in [1.82, 2.24) is 15.0 Å². The van der Waals surface area contributed by atoms with Crippen molar-refractivity contribution >= 4 is 5.97 Å². The number of rotatable bonds is 3. The molecule has 1 saturated carbocycles. The van der Waals surface area contributed by atoms with Crippen LogP contribution in [0.2, 0.25) is 0 Å². The number of hydrogen-bond donors (Lipinski definition) is 1. The van der Waals surface area contributed by atoms with E-state index in [4.69, 9.17) is 5.11 Å². The highest BCUT2D eigenvalue weighted by Gasteiger charge is 2.42. The quantitative estimate of drug-likeness (QED) is 0.907. The fourth-order valence-electron chi connectivity index (χ4n) is 2.30. The Kier molecular flexibility index (Phi) is 3.27. The molecule has 0 saturated heterocycles. The van der Waals surface area contributed by atoms with Crippen molar-refractivity contribution in [2.45, 2.75) is 38.4 Å². The average Bonchev–Trinajstić information content (AvgIpc) is 2.85. The van der Waals surface area contributed by atoms with Crippen LogP contribution in [-0.2, 0) is 12.7 Å². The molecule has 0 bridgehead atoms. The molecule has 1 fully saturated rings. The first-order chi connectivity index (χ1) is 8.39. The summed E-state index contributed by atoms with van der Waals surface area (Å²) in [5, 5.41) is 15.1. The Hall–Kier alpha value is -1.60. The molecule has 5 nitrogen and oxygen atoms in total. The number of nitrogens with zero attached hydrogens (tertiary/aromatic N) is 3. The summed E-state index contributed by atoms with van der Waals surface area (Å²) in [7, 11) is 0. The Balaban J connectivity index is 2.32. The van der Waals surface area contributed by atoms with Gasteiger partial charge in [0.2, 0.25) is 5.69 Å².